The lowest BCUT2D eigenvalue weighted by Gasteiger charge is -2.17. The van der Waals surface area contributed by atoms with Crippen LogP contribution in [0.5, 0.6) is 5.75 Å². The van der Waals surface area contributed by atoms with Gasteiger partial charge in [-0.3, -0.25) is 9.78 Å². The van der Waals surface area contributed by atoms with Gasteiger partial charge in [0, 0.05) is 23.6 Å². The van der Waals surface area contributed by atoms with Gasteiger partial charge in [-0.15, -0.1) is 0 Å². The predicted octanol–water partition coefficient (Wildman–Crippen LogP) is 3.42. The van der Waals surface area contributed by atoms with Crippen molar-refractivity contribution >= 4 is 32.9 Å². The first-order valence-electron chi connectivity index (χ1n) is 7.79. The maximum atomic E-state index is 12.4. The highest BCUT2D eigenvalue weighted by Gasteiger charge is 2.13. The Morgan fingerprint density at radius 2 is 2.00 bits per heavy atom. The number of benzene rings is 2. The summed E-state index contributed by atoms with van der Waals surface area (Å²) in [6.45, 7) is 1.08. The Labute approximate surface area is 152 Å². The van der Waals surface area contributed by atoms with E-state index in [1.807, 2.05) is 24.3 Å². The van der Waals surface area contributed by atoms with E-state index in [1.54, 1.807) is 30.1 Å². The van der Waals surface area contributed by atoms with Crippen molar-refractivity contribution in [2.24, 2.45) is 0 Å². The Hall–Kier alpha value is -2.54. The Morgan fingerprint density at radius 3 is 2.76 bits per heavy atom. The summed E-state index contributed by atoms with van der Waals surface area (Å²) >= 11 is 3.38. The second kappa shape index (κ2) is 7.57. The summed E-state index contributed by atoms with van der Waals surface area (Å²) in [5.74, 6) is 0.137. The van der Waals surface area contributed by atoms with Gasteiger partial charge in [0.15, 0.2) is 5.58 Å². The molecule has 2 aromatic carbocycles. The number of hydrogen-bond donors (Lipinski definition) is 1. The Kier molecular flexibility index (Phi) is 5.23. The Bertz CT molecular complexity index is 930. The molecule has 1 N–H and O–H groups in total. The van der Waals surface area contributed by atoms with Crippen LogP contribution >= 0.6 is 15.9 Å². The van der Waals surface area contributed by atoms with Crippen molar-refractivity contribution in [2.75, 3.05) is 20.2 Å². The lowest BCUT2D eigenvalue weighted by molar-refractivity contribution is 0.0788. The van der Waals surface area contributed by atoms with Gasteiger partial charge in [0.05, 0.1) is 12.1 Å². The Balaban J connectivity index is 1.52. The van der Waals surface area contributed by atoms with Crippen molar-refractivity contribution in [3.63, 3.8) is 0 Å². The summed E-state index contributed by atoms with van der Waals surface area (Å²) in [6, 6.07) is 12.5. The third-order valence-electron chi connectivity index (χ3n) is 3.73. The molecule has 3 rings (SSSR count). The standard InChI is InChI=1S/C18H17BrN2O4/c1-21(9-2-10-24-14-6-4-13(19)5-7-14)17(22)12-3-8-15-16(11-12)25-18(23)20-15/h3-8,11H,2,9-10H2,1H3,(H,20,23). The molecule has 6 nitrogen and oxygen atoms in total. The number of carbonyl (C=O) groups is 1. The number of H-pyrrole nitrogens is 1. The van der Waals surface area contributed by atoms with Gasteiger partial charge < -0.3 is 14.1 Å². The van der Waals surface area contributed by atoms with Crippen LogP contribution in [0.1, 0.15) is 16.8 Å². The quantitative estimate of drug-likeness (QED) is 0.638. The van der Waals surface area contributed by atoms with Gasteiger partial charge in [-0.1, -0.05) is 15.9 Å². The second-order valence-corrected chi connectivity index (χ2v) is 6.52. The van der Waals surface area contributed by atoms with Gasteiger partial charge in [-0.2, -0.15) is 0 Å². The molecule has 25 heavy (non-hydrogen) atoms. The summed E-state index contributed by atoms with van der Waals surface area (Å²) in [6.07, 6.45) is 0.708. The Morgan fingerprint density at radius 1 is 1.24 bits per heavy atom. The number of rotatable bonds is 6. The summed E-state index contributed by atoms with van der Waals surface area (Å²) in [5, 5.41) is 0. The van der Waals surface area contributed by atoms with Crippen molar-refractivity contribution in [1.82, 2.24) is 9.88 Å². The minimum atomic E-state index is -0.530. The molecule has 0 fully saturated rings. The number of fused-ring (bicyclic) bond motifs is 1. The zero-order chi connectivity index (χ0) is 17.8. The zero-order valence-corrected chi connectivity index (χ0v) is 15.2. The topological polar surface area (TPSA) is 75.5 Å². The minimum absolute atomic E-state index is 0.130. The molecule has 0 saturated carbocycles. The summed E-state index contributed by atoms with van der Waals surface area (Å²) < 4.78 is 11.6. The highest BCUT2D eigenvalue weighted by Crippen LogP contribution is 2.16. The number of nitrogens with zero attached hydrogens (tertiary/aromatic N) is 1. The van der Waals surface area contributed by atoms with Crippen LogP contribution < -0.4 is 10.5 Å². The van der Waals surface area contributed by atoms with E-state index in [1.165, 1.54) is 0 Å². The number of oxazole rings is 1. The van der Waals surface area contributed by atoms with E-state index in [9.17, 15) is 9.59 Å². The number of carbonyl (C=O) groups excluding carboxylic acids is 1. The highest BCUT2D eigenvalue weighted by molar-refractivity contribution is 9.10. The minimum Gasteiger partial charge on any atom is -0.494 e. The van der Waals surface area contributed by atoms with E-state index >= 15 is 0 Å². The number of nitrogens with one attached hydrogen (secondary N) is 1. The van der Waals surface area contributed by atoms with E-state index in [-0.39, 0.29) is 5.91 Å². The molecule has 130 valence electrons. The number of aromatic nitrogens is 1. The van der Waals surface area contributed by atoms with Crippen molar-refractivity contribution in [3.05, 3.63) is 63.1 Å². The molecule has 0 atom stereocenters. The average Bonchev–Trinajstić information content (AvgIpc) is 2.98. The van der Waals surface area contributed by atoms with E-state index in [4.69, 9.17) is 9.15 Å². The molecule has 0 saturated heterocycles. The third-order valence-corrected chi connectivity index (χ3v) is 4.26. The molecule has 0 aliphatic carbocycles. The largest absolute Gasteiger partial charge is 0.494 e. The van der Waals surface area contributed by atoms with Crippen LogP contribution in [-0.4, -0.2) is 36.0 Å². The lowest BCUT2D eigenvalue weighted by Crippen LogP contribution is -2.28. The lowest BCUT2D eigenvalue weighted by atomic mass is 10.2. The first kappa shape index (κ1) is 17.3. The van der Waals surface area contributed by atoms with Crippen molar-refractivity contribution < 1.29 is 13.9 Å². The molecule has 0 aliphatic rings. The highest BCUT2D eigenvalue weighted by atomic mass is 79.9. The first-order valence-corrected chi connectivity index (χ1v) is 8.59. The molecule has 1 aromatic heterocycles. The van der Waals surface area contributed by atoms with Gasteiger partial charge in [-0.05, 0) is 48.9 Å². The molecule has 1 heterocycles. The fourth-order valence-corrected chi connectivity index (χ4v) is 2.69. The number of halogens is 1. The molecular weight excluding hydrogens is 388 g/mol. The van der Waals surface area contributed by atoms with Crippen LogP contribution in [0.25, 0.3) is 11.1 Å². The summed E-state index contributed by atoms with van der Waals surface area (Å²) in [7, 11) is 1.74. The molecule has 1 amide bonds. The van der Waals surface area contributed by atoms with Crippen molar-refractivity contribution in [2.45, 2.75) is 6.42 Å². The van der Waals surface area contributed by atoms with Gasteiger partial charge in [0.1, 0.15) is 5.75 Å². The summed E-state index contributed by atoms with van der Waals surface area (Å²) in [4.78, 5) is 27.8. The maximum Gasteiger partial charge on any atom is 0.417 e. The van der Waals surface area contributed by atoms with Gasteiger partial charge >= 0.3 is 5.76 Å². The van der Waals surface area contributed by atoms with E-state index in [0.29, 0.717) is 36.2 Å². The number of hydrogen-bond acceptors (Lipinski definition) is 4. The molecule has 7 heteroatoms. The van der Waals surface area contributed by atoms with Crippen LogP contribution in [0.2, 0.25) is 0 Å². The first-order chi connectivity index (χ1) is 12.0. The smallest absolute Gasteiger partial charge is 0.417 e. The number of aromatic amines is 1. The van der Waals surface area contributed by atoms with E-state index in [0.717, 1.165) is 10.2 Å². The third kappa shape index (κ3) is 4.30. The maximum absolute atomic E-state index is 12.4. The van der Waals surface area contributed by atoms with E-state index < -0.39 is 5.76 Å². The van der Waals surface area contributed by atoms with Gasteiger partial charge in [0.25, 0.3) is 5.91 Å². The molecular formula is C18H17BrN2O4. The normalized spacial score (nSPS) is 10.8. The molecule has 0 aliphatic heterocycles. The van der Waals surface area contributed by atoms with Crippen LogP contribution in [-0.2, 0) is 0 Å². The number of ether oxygens (including phenoxy) is 1. The SMILES string of the molecule is CN(CCCOc1ccc(Br)cc1)C(=O)c1ccc2[nH]c(=O)oc2c1. The fourth-order valence-electron chi connectivity index (χ4n) is 2.42. The van der Waals surface area contributed by atoms with Crippen LogP contribution in [0.3, 0.4) is 0 Å². The monoisotopic (exact) mass is 404 g/mol. The van der Waals surface area contributed by atoms with Gasteiger partial charge in [0.2, 0.25) is 0 Å². The predicted molar refractivity (Wildman–Crippen MR) is 98.0 cm³/mol. The molecule has 0 unspecified atom stereocenters. The van der Waals surface area contributed by atoms with Gasteiger partial charge in [-0.25, -0.2) is 4.79 Å². The molecule has 0 bridgehead atoms. The van der Waals surface area contributed by atoms with E-state index in [2.05, 4.69) is 20.9 Å². The molecule has 3 aromatic rings. The van der Waals surface area contributed by atoms with Crippen LogP contribution in [0.4, 0.5) is 0 Å². The zero-order valence-electron chi connectivity index (χ0n) is 13.6. The molecule has 0 spiro atoms. The summed E-state index contributed by atoms with van der Waals surface area (Å²) in [5.41, 5.74) is 1.43. The van der Waals surface area contributed by atoms with Crippen molar-refractivity contribution in [1.29, 1.82) is 0 Å². The molecule has 0 radical (unpaired) electrons. The van der Waals surface area contributed by atoms with Crippen LogP contribution in [0, 0.1) is 0 Å². The van der Waals surface area contributed by atoms with Crippen LogP contribution in [0.15, 0.2) is 56.1 Å². The number of amides is 1. The average molecular weight is 405 g/mol. The second-order valence-electron chi connectivity index (χ2n) is 5.61. The van der Waals surface area contributed by atoms with Crippen molar-refractivity contribution in [3.8, 4) is 5.75 Å². The fraction of sp³-hybridized carbons (Fsp3) is 0.222.